The van der Waals surface area contributed by atoms with Crippen molar-refractivity contribution in [1.82, 2.24) is 10.0 Å². The van der Waals surface area contributed by atoms with Gasteiger partial charge in [-0.1, -0.05) is 19.8 Å². The fourth-order valence-electron chi connectivity index (χ4n) is 2.76. The Kier molecular flexibility index (Phi) is 6.23. The first-order valence-corrected chi connectivity index (χ1v) is 9.87. The van der Waals surface area contributed by atoms with Crippen LogP contribution in [0, 0.1) is 0 Å². The van der Waals surface area contributed by atoms with Gasteiger partial charge < -0.3 is 10.1 Å². The van der Waals surface area contributed by atoms with Crippen molar-refractivity contribution >= 4 is 15.9 Å². The predicted molar refractivity (Wildman–Crippen MR) is 92.8 cm³/mol. The summed E-state index contributed by atoms with van der Waals surface area (Å²) in [6.45, 7) is 3.88. The minimum absolute atomic E-state index is 0.00806. The maximum absolute atomic E-state index is 12.7. The van der Waals surface area contributed by atoms with Gasteiger partial charge in [0.15, 0.2) is 0 Å². The van der Waals surface area contributed by atoms with Crippen molar-refractivity contribution in [1.29, 1.82) is 0 Å². The number of sulfonamides is 1. The van der Waals surface area contributed by atoms with Gasteiger partial charge in [0.25, 0.3) is 5.91 Å². The van der Waals surface area contributed by atoms with E-state index in [1.165, 1.54) is 19.2 Å². The van der Waals surface area contributed by atoms with Gasteiger partial charge in [-0.2, -0.15) is 0 Å². The van der Waals surface area contributed by atoms with Crippen molar-refractivity contribution in [2.75, 3.05) is 7.11 Å². The number of nitrogens with one attached hydrogen (secondary N) is 2. The molecule has 1 atom stereocenters. The van der Waals surface area contributed by atoms with E-state index in [4.69, 9.17) is 4.74 Å². The number of hydrogen-bond donors (Lipinski definition) is 2. The highest BCUT2D eigenvalue weighted by Crippen LogP contribution is 2.27. The highest BCUT2D eigenvalue weighted by atomic mass is 32.2. The molecule has 1 aromatic carbocycles. The smallest absolute Gasteiger partial charge is 0.251 e. The summed E-state index contributed by atoms with van der Waals surface area (Å²) in [5.41, 5.74) is 0.308. The number of hydrogen-bond acceptors (Lipinski definition) is 4. The lowest BCUT2D eigenvalue weighted by Crippen LogP contribution is -2.34. The van der Waals surface area contributed by atoms with Gasteiger partial charge in [0, 0.05) is 17.6 Å². The fourth-order valence-corrected chi connectivity index (χ4v) is 4.26. The first-order valence-electron chi connectivity index (χ1n) is 8.38. The summed E-state index contributed by atoms with van der Waals surface area (Å²) in [7, 11) is -2.31. The molecule has 0 aliphatic heterocycles. The first kappa shape index (κ1) is 18.7. The van der Waals surface area contributed by atoms with Crippen LogP contribution in [0.5, 0.6) is 5.75 Å². The third kappa shape index (κ3) is 4.48. The molecule has 0 bridgehead atoms. The van der Waals surface area contributed by atoms with Crippen LogP contribution in [-0.2, 0) is 10.0 Å². The molecule has 1 aromatic rings. The molecule has 1 unspecified atom stereocenters. The molecule has 1 aliphatic carbocycles. The van der Waals surface area contributed by atoms with Gasteiger partial charge in [-0.25, -0.2) is 13.1 Å². The highest BCUT2D eigenvalue weighted by Gasteiger charge is 2.26. The zero-order chi connectivity index (χ0) is 17.7. The average Bonchev–Trinajstić information content (AvgIpc) is 3.06. The van der Waals surface area contributed by atoms with E-state index in [9.17, 15) is 13.2 Å². The molecule has 2 N–H and O–H groups in total. The van der Waals surface area contributed by atoms with E-state index in [2.05, 4.69) is 10.0 Å². The third-order valence-electron chi connectivity index (χ3n) is 4.38. The van der Waals surface area contributed by atoms with Crippen LogP contribution in [-0.4, -0.2) is 33.5 Å². The first-order chi connectivity index (χ1) is 11.4. The van der Waals surface area contributed by atoms with E-state index in [-0.39, 0.29) is 28.6 Å². The summed E-state index contributed by atoms with van der Waals surface area (Å²) in [6, 6.07) is 4.46. The Morgan fingerprint density at radius 2 is 2.00 bits per heavy atom. The van der Waals surface area contributed by atoms with Crippen LogP contribution in [0.2, 0.25) is 0 Å². The molecule has 1 amide bonds. The minimum atomic E-state index is -3.73. The lowest BCUT2D eigenvalue weighted by molar-refractivity contribution is 0.0939. The second-order valence-corrected chi connectivity index (χ2v) is 7.93. The zero-order valence-corrected chi connectivity index (χ0v) is 15.3. The number of methoxy groups -OCH3 is 1. The SMILES string of the molecule is CCC(C)NC(=O)c1ccc(OC)c(S(=O)(=O)NC2CCCC2)c1. The number of ether oxygens (including phenoxy) is 1. The summed E-state index contributed by atoms with van der Waals surface area (Å²) in [6.07, 6.45) is 4.55. The molecule has 2 rings (SSSR count). The van der Waals surface area contributed by atoms with E-state index in [0.717, 1.165) is 32.1 Å². The maximum Gasteiger partial charge on any atom is 0.251 e. The van der Waals surface area contributed by atoms with E-state index < -0.39 is 10.0 Å². The third-order valence-corrected chi connectivity index (χ3v) is 5.92. The Morgan fingerprint density at radius 3 is 2.58 bits per heavy atom. The summed E-state index contributed by atoms with van der Waals surface area (Å²) >= 11 is 0. The van der Waals surface area contributed by atoms with Gasteiger partial charge in [0.05, 0.1) is 7.11 Å². The Morgan fingerprint density at radius 1 is 1.33 bits per heavy atom. The molecular formula is C17H26N2O4S. The van der Waals surface area contributed by atoms with Gasteiger partial charge in [0.1, 0.15) is 10.6 Å². The molecule has 7 heteroatoms. The second kappa shape index (κ2) is 7.98. The lowest BCUT2D eigenvalue weighted by atomic mass is 10.2. The van der Waals surface area contributed by atoms with Crippen LogP contribution in [0.4, 0.5) is 0 Å². The van der Waals surface area contributed by atoms with Gasteiger partial charge in [0.2, 0.25) is 10.0 Å². The topological polar surface area (TPSA) is 84.5 Å². The molecule has 134 valence electrons. The number of benzene rings is 1. The zero-order valence-electron chi connectivity index (χ0n) is 14.5. The Bertz CT molecular complexity index is 682. The van der Waals surface area contributed by atoms with Gasteiger partial charge in [-0.3, -0.25) is 4.79 Å². The molecule has 1 saturated carbocycles. The predicted octanol–water partition coefficient (Wildman–Crippen LogP) is 2.44. The molecule has 0 heterocycles. The van der Waals surface area contributed by atoms with Crippen molar-refractivity contribution in [2.45, 2.75) is 62.9 Å². The van der Waals surface area contributed by atoms with Crippen LogP contribution in [0.3, 0.4) is 0 Å². The molecule has 6 nitrogen and oxygen atoms in total. The number of carbonyl (C=O) groups is 1. The van der Waals surface area contributed by atoms with Gasteiger partial charge in [-0.15, -0.1) is 0 Å². The summed E-state index contributed by atoms with van der Waals surface area (Å²) in [5, 5.41) is 2.84. The largest absolute Gasteiger partial charge is 0.495 e. The van der Waals surface area contributed by atoms with E-state index in [1.807, 2.05) is 13.8 Å². The van der Waals surface area contributed by atoms with Gasteiger partial charge in [-0.05, 0) is 44.4 Å². The van der Waals surface area contributed by atoms with E-state index in [1.54, 1.807) is 6.07 Å². The fraction of sp³-hybridized carbons (Fsp3) is 0.588. The summed E-state index contributed by atoms with van der Waals surface area (Å²) in [4.78, 5) is 12.3. The van der Waals surface area contributed by atoms with Crippen LogP contribution in [0.25, 0.3) is 0 Å². The van der Waals surface area contributed by atoms with Crippen molar-refractivity contribution in [2.24, 2.45) is 0 Å². The molecule has 0 aromatic heterocycles. The van der Waals surface area contributed by atoms with Crippen molar-refractivity contribution in [3.05, 3.63) is 23.8 Å². The molecule has 1 aliphatic rings. The van der Waals surface area contributed by atoms with Crippen LogP contribution < -0.4 is 14.8 Å². The number of amides is 1. The van der Waals surface area contributed by atoms with Crippen LogP contribution >= 0.6 is 0 Å². The maximum atomic E-state index is 12.7. The molecule has 24 heavy (non-hydrogen) atoms. The quantitative estimate of drug-likeness (QED) is 0.788. The molecular weight excluding hydrogens is 328 g/mol. The number of rotatable bonds is 7. The summed E-state index contributed by atoms with van der Waals surface area (Å²) < 4.78 is 33.3. The molecule has 0 radical (unpaired) electrons. The second-order valence-electron chi connectivity index (χ2n) is 6.25. The standard InChI is InChI=1S/C17H26N2O4S/c1-4-12(2)18-17(20)13-9-10-15(23-3)16(11-13)24(21,22)19-14-7-5-6-8-14/h9-12,14,19H,4-8H2,1-3H3,(H,18,20). The van der Waals surface area contributed by atoms with Crippen molar-refractivity contribution in [3.63, 3.8) is 0 Å². The van der Waals surface area contributed by atoms with Crippen molar-refractivity contribution < 1.29 is 17.9 Å². The van der Waals surface area contributed by atoms with Crippen LogP contribution in [0.15, 0.2) is 23.1 Å². The Hall–Kier alpha value is -1.60. The normalized spacial score (nSPS) is 16.8. The summed E-state index contributed by atoms with van der Waals surface area (Å²) in [5.74, 6) is -0.0510. The Balaban J connectivity index is 2.29. The monoisotopic (exact) mass is 354 g/mol. The molecule has 1 fully saturated rings. The van der Waals surface area contributed by atoms with Gasteiger partial charge >= 0.3 is 0 Å². The van der Waals surface area contributed by atoms with E-state index >= 15 is 0 Å². The van der Waals surface area contributed by atoms with Crippen LogP contribution in [0.1, 0.15) is 56.3 Å². The highest BCUT2D eigenvalue weighted by molar-refractivity contribution is 7.89. The minimum Gasteiger partial charge on any atom is -0.495 e. The Labute approximate surface area is 144 Å². The average molecular weight is 354 g/mol. The molecule has 0 spiro atoms. The van der Waals surface area contributed by atoms with E-state index in [0.29, 0.717) is 5.56 Å². The molecule has 0 saturated heterocycles. The van der Waals surface area contributed by atoms with Crippen molar-refractivity contribution in [3.8, 4) is 5.75 Å². The number of carbonyl (C=O) groups excluding carboxylic acids is 1. The lowest BCUT2D eigenvalue weighted by Gasteiger charge is -2.16.